The van der Waals surface area contributed by atoms with Gasteiger partial charge in [-0.15, -0.1) is 0 Å². The lowest BCUT2D eigenvalue weighted by molar-refractivity contribution is -0.452. The van der Waals surface area contributed by atoms with E-state index in [9.17, 15) is 0 Å². The van der Waals surface area contributed by atoms with Gasteiger partial charge in [-0.1, -0.05) is 60.7 Å². The van der Waals surface area contributed by atoms with E-state index < -0.39 is 11.6 Å². The Kier molecular flexibility index (Phi) is 4.37. The third-order valence-electron chi connectivity index (χ3n) is 4.54. The maximum atomic E-state index is 6.28. The Bertz CT molecular complexity index is 584. The van der Waals surface area contributed by atoms with Crippen LogP contribution in [0.1, 0.15) is 24.0 Å². The third kappa shape index (κ3) is 2.47. The number of ether oxygens (including phenoxy) is 4. The summed E-state index contributed by atoms with van der Waals surface area (Å²) >= 11 is 0. The predicted molar refractivity (Wildman–Crippen MR) is 89.3 cm³/mol. The van der Waals surface area contributed by atoms with E-state index in [1.807, 2.05) is 60.7 Å². The summed E-state index contributed by atoms with van der Waals surface area (Å²) in [5.74, 6) is -2.21. The van der Waals surface area contributed by atoms with Crippen molar-refractivity contribution >= 4 is 0 Å². The van der Waals surface area contributed by atoms with Gasteiger partial charge in [-0.25, -0.2) is 0 Å². The lowest BCUT2D eigenvalue weighted by Crippen LogP contribution is -2.59. The molecule has 0 aliphatic carbocycles. The van der Waals surface area contributed by atoms with Gasteiger partial charge in [0.15, 0.2) is 0 Å². The summed E-state index contributed by atoms with van der Waals surface area (Å²) in [5, 5.41) is 0. The summed E-state index contributed by atoms with van der Waals surface area (Å²) < 4.78 is 25.1. The van der Waals surface area contributed by atoms with E-state index in [2.05, 4.69) is 0 Å². The summed E-state index contributed by atoms with van der Waals surface area (Å²) in [6.45, 7) is 2.43. The molecule has 24 heavy (non-hydrogen) atoms. The van der Waals surface area contributed by atoms with Crippen molar-refractivity contribution in [3.05, 3.63) is 71.8 Å². The zero-order valence-electron chi connectivity index (χ0n) is 13.6. The molecule has 2 fully saturated rings. The number of hydrogen-bond donors (Lipinski definition) is 0. The normalized spacial score (nSPS) is 22.8. The van der Waals surface area contributed by atoms with Crippen LogP contribution in [-0.2, 0) is 30.5 Å². The highest BCUT2D eigenvalue weighted by molar-refractivity contribution is 5.31. The topological polar surface area (TPSA) is 36.9 Å². The standard InChI is InChI=1S/C20H22O4/c1-3-9-17(10-4-1)19(21-13-7-14-22-19)20(23-15-8-16-24-20)18-11-5-2-6-12-18/h1-6,9-12H,7-8,13-16H2. The van der Waals surface area contributed by atoms with Crippen LogP contribution in [0.2, 0.25) is 0 Å². The average molecular weight is 326 g/mol. The molecule has 0 spiro atoms. The molecule has 0 N–H and O–H groups in total. The van der Waals surface area contributed by atoms with Gasteiger partial charge < -0.3 is 18.9 Å². The quantitative estimate of drug-likeness (QED) is 0.864. The minimum absolute atomic E-state index is 0.607. The first-order chi connectivity index (χ1) is 11.9. The summed E-state index contributed by atoms with van der Waals surface area (Å²) in [6.07, 6.45) is 1.72. The molecule has 4 nitrogen and oxygen atoms in total. The van der Waals surface area contributed by atoms with E-state index in [0.717, 1.165) is 24.0 Å². The fraction of sp³-hybridized carbons (Fsp3) is 0.400. The maximum Gasteiger partial charge on any atom is 0.256 e. The van der Waals surface area contributed by atoms with Crippen LogP contribution in [-0.4, -0.2) is 26.4 Å². The first-order valence-electron chi connectivity index (χ1n) is 8.54. The van der Waals surface area contributed by atoms with Crippen molar-refractivity contribution in [2.45, 2.75) is 24.4 Å². The van der Waals surface area contributed by atoms with Crippen molar-refractivity contribution in [2.24, 2.45) is 0 Å². The Hall–Kier alpha value is -1.72. The highest BCUT2D eigenvalue weighted by atomic mass is 16.8. The fourth-order valence-electron chi connectivity index (χ4n) is 3.47. The molecule has 0 saturated carbocycles. The van der Waals surface area contributed by atoms with E-state index in [4.69, 9.17) is 18.9 Å². The zero-order chi connectivity index (χ0) is 16.3. The van der Waals surface area contributed by atoms with Crippen LogP contribution < -0.4 is 0 Å². The fourth-order valence-corrected chi connectivity index (χ4v) is 3.47. The molecule has 0 amide bonds. The SMILES string of the molecule is c1ccc(C2(C3(c4ccccc4)OCCCO3)OCCCO2)cc1. The Balaban J connectivity index is 1.90. The number of rotatable bonds is 3. The Labute approximate surface area is 142 Å². The van der Waals surface area contributed by atoms with Gasteiger partial charge in [-0.05, 0) is 12.8 Å². The molecule has 4 heteroatoms. The Morgan fingerprint density at radius 2 is 0.833 bits per heavy atom. The number of hydrogen-bond acceptors (Lipinski definition) is 4. The monoisotopic (exact) mass is 326 g/mol. The second-order valence-electron chi connectivity index (χ2n) is 6.07. The summed E-state index contributed by atoms with van der Waals surface area (Å²) in [7, 11) is 0. The molecule has 2 aliphatic heterocycles. The molecule has 2 aliphatic rings. The van der Waals surface area contributed by atoms with Crippen molar-refractivity contribution in [3.8, 4) is 0 Å². The molecule has 0 atom stereocenters. The van der Waals surface area contributed by atoms with Gasteiger partial charge >= 0.3 is 0 Å². The van der Waals surface area contributed by atoms with Crippen molar-refractivity contribution in [3.63, 3.8) is 0 Å². The van der Waals surface area contributed by atoms with Gasteiger partial charge in [0.2, 0.25) is 0 Å². The first-order valence-corrected chi connectivity index (χ1v) is 8.54. The summed E-state index contributed by atoms with van der Waals surface area (Å²) in [5.41, 5.74) is 1.82. The van der Waals surface area contributed by atoms with Crippen molar-refractivity contribution < 1.29 is 18.9 Å². The molecule has 0 unspecified atom stereocenters. The van der Waals surface area contributed by atoms with Crippen LogP contribution in [0.25, 0.3) is 0 Å². The van der Waals surface area contributed by atoms with E-state index in [1.54, 1.807) is 0 Å². The van der Waals surface area contributed by atoms with Crippen LogP contribution >= 0.6 is 0 Å². The molecule has 0 aromatic heterocycles. The molecule has 2 aromatic rings. The van der Waals surface area contributed by atoms with Crippen LogP contribution in [0, 0.1) is 0 Å². The van der Waals surface area contributed by atoms with Crippen LogP contribution in [0.15, 0.2) is 60.7 Å². The highest BCUT2D eigenvalue weighted by Crippen LogP contribution is 2.50. The second-order valence-corrected chi connectivity index (χ2v) is 6.07. The lowest BCUT2D eigenvalue weighted by Gasteiger charge is -2.51. The molecule has 2 saturated heterocycles. The molecule has 126 valence electrons. The van der Waals surface area contributed by atoms with E-state index in [-0.39, 0.29) is 0 Å². The minimum atomic E-state index is -1.10. The second kappa shape index (κ2) is 6.65. The highest BCUT2D eigenvalue weighted by Gasteiger charge is 2.61. The van der Waals surface area contributed by atoms with Gasteiger partial charge in [0.1, 0.15) is 0 Å². The smallest absolute Gasteiger partial charge is 0.256 e. The Morgan fingerprint density at radius 1 is 0.500 bits per heavy atom. The van der Waals surface area contributed by atoms with E-state index in [1.165, 1.54) is 0 Å². The number of benzene rings is 2. The molecular formula is C20H22O4. The predicted octanol–water partition coefficient (Wildman–Crippen LogP) is 3.57. The molecular weight excluding hydrogens is 304 g/mol. The minimum Gasteiger partial charge on any atom is -0.341 e. The third-order valence-corrected chi connectivity index (χ3v) is 4.54. The van der Waals surface area contributed by atoms with Gasteiger partial charge in [0.25, 0.3) is 11.6 Å². The van der Waals surface area contributed by atoms with Gasteiger partial charge in [0.05, 0.1) is 26.4 Å². The molecule has 2 aromatic carbocycles. The summed E-state index contributed by atoms with van der Waals surface area (Å²) in [6, 6.07) is 20.0. The van der Waals surface area contributed by atoms with Gasteiger partial charge in [-0.3, -0.25) is 0 Å². The van der Waals surface area contributed by atoms with Crippen molar-refractivity contribution in [1.29, 1.82) is 0 Å². The van der Waals surface area contributed by atoms with Crippen LogP contribution in [0.5, 0.6) is 0 Å². The van der Waals surface area contributed by atoms with Gasteiger partial charge in [0, 0.05) is 11.1 Å². The van der Waals surface area contributed by atoms with Crippen LogP contribution in [0.3, 0.4) is 0 Å². The largest absolute Gasteiger partial charge is 0.341 e. The van der Waals surface area contributed by atoms with Crippen molar-refractivity contribution in [1.82, 2.24) is 0 Å². The maximum absolute atomic E-state index is 6.28. The van der Waals surface area contributed by atoms with E-state index >= 15 is 0 Å². The Morgan fingerprint density at radius 3 is 1.17 bits per heavy atom. The van der Waals surface area contributed by atoms with Gasteiger partial charge in [-0.2, -0.15) is 0 Å². The summed E-state index contributed by atoms with van der Waals surface area (Å²) in [4.78, 5) is 0. The molecule has 0 radical (unpaired) electrons. The first kappa shape index (κ1) is 15.8. The molecule has 0 bridgehead atoms. The van der Waals surface area contributed by atoms with E-state index in [0.29, 0.717) is 26.4 Å². The van der Waals surface area contributed by atoms with Crippen LogP contribution in [0.4, 0.5) is 0 Å². The average Bonchev–Trinajstić information content (AvgIpc) is 2.70. The lowest BCUT2D eigenvalue weighted by atomic mass is 9.88. The van der Waals surface area contributed by atoms with Crippen molar-refractivity contribution in [2.75, 3.05) is 26.4 Å². The molecule has 2 heterocycles. The zero-order valence-corrected chi connectivity index (χ0v) is 13.6. The molecule has 4 rings (SSSR count).